The van der Waals surface area contributed by atoms with Gasteiger partial charge in [0.2, 0.25) is 0 Å². The second-order valence-electron chi connectivity index (χ2n) is 7.38. The first kappa shape index (κ1) is 24.1. The zero-order chi connectivity index (χ0) is 24.3. The van der Waals surface area contributed by atoms with E-state index in [9.17, 15) is 19.7 Å². The molecule has 2 atom stereocenters. The van der Waals surface area contributed by atoms with Crippen molar-refractivity contribution < 1.29 is 19.6 Å². The molecule has 1 aromatic heterocycles. The number of non-ortho nitro benzene ring substituents is 1. The Labute approximate surface area is 196 Å². The molecule has 0 radical (unpaired) electrons. The van der Waals surface area contributed by atoms with Crippen LogP contribution in [0.1, 0.15) is 44.5 Å². The number of rotatable bonds is 8. The van der Waals surface area contributed by atoms with Crippen molar-refractivity contribution in [3.63, 3.8) is 0 Å². The molecular formula is C22H21BrN4O6. The van der Waals surface area contributed by atoms with Gasteiger partial charge in [0.15, 0.2) is 6.10 Å². The number of benzene rings is 2. The van der Waals surface area contributed by atoms with Gasteiger partial charge in [-0.3, -0.25) is 14.9 Å². The normalized spacial score (nSPS) is 13.2. The van der Waals surface area contributed by atoms with Crippen molar-refractivity contribution in [2.45, 2.75) is 39.2 Å². The summed E-state index contributed by atoms with van der Waals surface area (Å²) in [7, 11) is 0. The molecule has 172 valence electrons. The maximum atomic E-state index is 13.2. The molecule has 0 saturated heterocycles. The van der Waals surface area contributed by atoms with Crippen LogP contribution < -0.4 is 10.3 Å². The average Bonchev–Trinajstić information content (AvgIpc) is 2.78. The molecular weight excluding hydrogens is 496 g/mol. The Morgan fingerprint density at radius 3 is 2.70 bits per heavy atom. The Bertz CT molecular complexity index is 1320. The highest BCUT2D eigenvalue weighted by Crippen LogP contribution is 2.25. The second-order valence-corrected chi connectivity index (χ2v) is 8.30. The Balaban J connectivity index is 2.19. The summed E-state index contributed by atoms with van der Waals surface area (Å²) >= 11 is 3.35. The van der Waals surface area contributed by atoms with Gasteiger partial charge in [-0.1, -0.05) is 29.8 Å². The fourth-order valence-corrected chi connectivity index (χ4v) is 3.36. The number of carbonyl (C=O) groups is 1. The predicted molar refractivity (Wildman–Crippen MR) is 126 cm³/mol. The predicted octanol–water partition coefficient (Wildman–Crippen LogP) is 4.31. The van der Waals surface area contributed by atoms with Crippen LogP contribution in [0.15, 0.2) is 50.8 Å². The zero-order valence-corrected chi connectivity index (χ0v) is 19.6. The molecule has 10 nitrogen and oxygen atoms in total. The SMILES string of the molecule is CC[C@H](C)c1nc2ccc(Br)cc2c(=O)n1N=Cc1cc([N+](=O)[O-])ccc1O[C@H](C)C(=O)O. The Kier molecular flexibility index (Phi) is 7.22. The molecule has 0 aliphatic rings. The number of hydrogen-bond donors (Lipinski definition) is 1. The van der Waals surface area contributed by atoms with E-state index in [4.69, 9.17) is 9.84 Å². The van der Waals surface area contributed by atoms with E-state index < -0.39 is 22.6 Å². The monoisotopic (exact) mass is 516 g/mol. The first-order valence-corrected chi connectivity index (χ1v) is 10.9. The number of halogens is 1. The highest BCUT2D eigenvalue weighted by Gasteiger charge is 2.19. The maximum absolute atomic E-state index is 13.2. The molecule has 0 bridgehead atoms. The van der Waals surface area contributed by atoms with Gasteiger partial charge in [0.1, 0.15) is 11.6 Å². The summed E-state index contributed by atoms with van der Waals surface area (Å²) in [6.07, 6.45) is 0.734. The quantitative estimate of drug-likeness (QED) is 0.267. The highest BCUT2D eigenvalue weighted by atomic mass is 79.9. The third-order valence-corrected chi connectivity index (χ3v) is 5.55. The summed E-state index contributed by atoms with van der Waals surface area (Å²) in [5.74, 6) is -0.791. The van der Waals surface area contributed by atoms with Crippen molar-refractivity contribution in [2.75, 3.05) is 0 Å². The van der Waals surface area contributed by atoms with E-state index in [1.807, 2.05) is 13.8 Å². The molecule has 0 fully saturated rings. The molecule has 2 aromatic carbocycles. The number of fused-ring (bicyclic) bond motifs is 1. The molecule has 33 heavy (non-hydrogen) atoms. The number of ether oxygens (including phenoxy) is 1. The van der Waals surface area contributed by atoms with E-state index in [-0.39, 0.29) is 22.9 Å². The zero-order valence-electron chi connectivity index (χ0n) is 18.1. The molecule has 1 N–H and O–H groups in total. The van der Waals surface area contributed by atoms with Gasteiger partial charge >= 0.3 is 5.97 Å². The lowest BCUT2D eigenvalue weighted by molar-refractivity contribution is -0.384. The summed E-state index contributed by atoms with van der Waals surface area (Å²) in [6.45, 7) is 5.20. The smallest absolute Gasteiger partial charge is 0.344 e. The average molecular weight is 517 g/mol. The standard InChI is InChI=1S/C22H21BrN4O6/c1-4-12(2)20-25-18-7-5-15(23)10-17(18)21(28)26(20)24-11-14-9-16(27(31)32)6-8-19(14)33-13(3)22(29)30/h5-13H,4H2,1-3H3,(H,29,30)/t12-,13+/m0/s1. The molecule has 0 saturated carbocycles. The molecule has 1 heterocycles. The lowest BCUT2D eigenvalue weighted by Gasteiger charge is -2.15. The van der Waals surface area contributed by atoms with Gasteiger partial charge in [-0.25, -0.2) is 9.78 Å². The molecule has 0 aliphatic heterocycles. The number of carboxylic acid groups (broad SMARTS) is 1. The minimum Gasteiger partial charge on any atom is -0.479 e. The van der Waals surface area contributed by atoms with E-state index in [0.29, 0.717) is 27.6 Å². The topological polar surface area (TPSA) is 137 Å². The van der Waals surface area contributed by atoms with Crippen LogP contribution in [-0.2, 0) is 4.79 Å². The van der Waals surface area contributed by atoms with Gasteiger partial charge in [0.25, 0.3) is 11.2 Å². The van der Waals surface area contributed by atoms with Crippen LogP contribution in [0.5, 0.6) is 5.75 Å². The van der Waals surface area contributed by atoms with E-state index >= 15 is 0 Å². The minimum absolute atomic E-state index is 0.0777. The van der Waals surface area contributed by atoms with Crippen LogP contribution in [0.2, 0.25) is 0 Å². The van der Waals surface area contributed by atoms with Gasteiger partial charge in [0, 0.05) is 28.1 Å². The Morgan fingerprint density at radius 1 is 1.33 bits per heavy atom. The first-order chi connectivity index (χ1) is 15.6. The van der Waals surface area contributed by atoms with E-state index in [2.05, 4.69) is 26.0 Å². The summed E-state index contributed by atoms with van der Waals surface area (Å²) < 4.78 is 7.29. The molecule has 0 aliphatic carbocycles. The molecule has 3 aromatic rings. The third-order valence-electron chi connectivity index (χ3n) is 5.05. The van der Waals surface area contributed by atoms with Crippen molar-refractivity contribution in [1.82, 2.24) is 9.66 Å². The van der Waals surface area contributed by atoms with Crippen molar-refractivity contribution >= 4 is 44.7 Å². The lowest BCUT2D eigenvalue weighted by atomic mass is 10.1. The fraction of sp³-hybridized carbons (Fsp3) is 0.273. The number of nitrogens with zero attached hydrogens (tertiary/aromatic N) is 4. The van der Waals surface area contributed by atoms with Crippen molar-refractivity contribution in [3.8, 4) is 5.75 Å². The molecule has 3 rings (SSSR count). The molecule has 0 amide bonds. The largest absolute Gasteiger partial charge is 0.479 e. The molecule has 0 unspecified atom stereocenters. The number of aromatic nitrogens is 2. The number of nitro groups is 1. The van der Waals surface area contributed by atoms with Crippen molar-refractivity contribution in [3.05, 3.63) is 72.7 Å². The van der Waals surface area contributed by atoms with Crippen LogP contribution in [0.25, 0.3) is 10.9 Å². The summed E-state index contributed by atoms with van der Waals surface area (Å²) in [4.78, 5) is 39.7. The summed E-state index contributed by atoms with van der Waals surface area (Å²) in [5.41, 5.74) is 0.0368. The highest BCUT2D eigenvalue weighted by molar-refractivity contribution is 9.10. The van der Waals surface area contributed by atoms with Crippen LogP contribution in [0.4, 0.5) is 5.69 Å². The number of hydrogen-bond acceptors (Lipinski definition) is 7. The van der Waals surface area contributed by atoms with Gasteiger partial charge < -0.3 is 9.84 Å². The van der Waals surface area contributed by atoms with Crippen LogP contribution in [-0.4, -0.2) is 38.0 Å². The van der Waals surface area contributed by atoms with Crippen LogP contribution in [0.3, 0.4) is 0 Å². The third kappa shape index (κ3) is 5.25. The van der Waals surface area contributed by atoms with Gasteiger partial charge in [-0.15, -0.1) is 0 Å². The maximum Gasteiger partial charge on any atom is 0.344 e. The Hall–Kier alpha value is -3.60. The lowest BCUT2D eigenvalue weighted by Crippen LogP contribution is -2.24. The van der Waals surface area contributed by atoms with Gasteiger partial charge in [-0.2, -0.15) is 9.78 Å². The van der Waals surface area contributed by atoms with E-state index in [1.165, 1.54) is 31.3 Å². The van der Waals surface area contributed by atoms with Crippen molar-refractivity contribution in [1.29, 1.82) is 0 Å². The summed E-state index contributed by atoms with van der Waals surface area (Å²) in [5, 5.41) is 25.0. The first-order valence-electron chi connectivity index (χ1n) is 10.1. The minimum atomic E-state index is -1.20. The Morgan fingerprint density at radius 2 is 2.06 bits per heavy atom. The van der Waals surface area contributed by atoms with E-state index in [0.717, 1.165) is 4.68 Å². The number of aliphatic carboxylic acids is 1. The van der Waals surface area contributed by atoms with Gasteiger partial charge in [-0.05, 0) is 37.6 Å². The van der Waals surface area contributed by atoms with Crippen LogP contribution in [0, 0.1) is 10.1 Å². The van der Waals surface area contributed by atoms with Crippen LogP contribution >= 0.6 is 15.9 Å². The molecule has 0 spiro atoms. The fourth-order valence-electron chi connectivity index (χ4n) is 3.00. The summed E-state index contributed by atoms with van der Waals surface area (Å²) in [6, 6.07) is 8.87. The van der Waals surface area contributed by atoms with E-state index in [1.54, 1.807) is 18.2 Å². The number of nitro benzene ring substituents is 1. The second kappa shape index (κ2) is 9.90. The molecule has 11 heteroatoms. The van der Waals surface area contributed by atoms with Crippen molar-refractivity contribution in [2.24, 2.45) is 5.10 Å². The number of carboxylic acids is 1. The van der Waals surface area contributed by atoms with Gasteiger partial charge in [0.05, 0.1) is 22.0 Å².